The number of carbonyl (C=O) groups excluding carboxylic acids is 2. The van der Waals surface area contributed by atoms with Crippen molar-refractivity contribution in [3.05, 3.63) is 41.6 Å². The van der Waals surface area contributed by atoms with E-state index in [1.165, 1.54) is 6.08 Å². The minimum Gasteiger partial charge on any atom is -0.496 e. The van der Waals surface area contributed by atoms with Crippen LogP contribution in [-0.4, -0.2) is 48.8 Å². The normalized spacial score (nSPS) is 14.3. The molecule has 178 valence electrons. The molecule has 2 rings (SSSR count). The van der Waals surface area contributed by atoms with E-state index in [2.05, 4.69) is 32.6 Å². The number of aromatic amines is 1. The van der Waals surface area contributed by atoms with Crippen LogP contribution in [0.3, 0.4) is 0 Å². The standard InChI is InChI=1S/C26H31N5O3/c1-7-9-18(15-28-5)14-26(4,16-27)31-25(33)21(12-17(2)3)30-24(32)22-13-19-20(29-22)10-8-11-23(19)34-6/h1,8-11,13,15,17,21,29H,12,14H2,2-6H3,(H,30,32)(H,31,33)/b18-9-,28-15-. The van der Waals surface area contributed by atoms with E-state index in [0.717, 1.165) is 10.9 Å². The maximum atomic E-state index is 13.2. The van der Waals surface area contributed by atoms with Crippen molar-refractivity contribution in [1.29, 1.82) is 5.26 Å². The molecule has 0 bridgehead atoms. The minimum atomic E-state index is -1.24. The van der Waals surface area contributed by atoms with Gasteiger partial charge in [0.25, 0.3) is 5.91 Å². The third-order valence-electron chi connectivity index (χ3n) is 5.18. The zero-order chi connectivity index (χ0) is 25.3. The van der Waals surface area contributed by atoms with E-state index in [4.69, 9.17) is 11.2 Å². The van der Waals surface area contributed by atoms with Gasteiger partial charge in [0, 0.05) is 30.6 Å². The Morgan fingerprint density at radius 1 is 1.38 bits per heavy atom. The van der Waals surface area contributed by atoms with Crippen molar-refractivity contribution in [2.45, 2.75) is 45.2 Å². The van der Waals surface area contributed by atoms with Crippen LogP contribution < -0.4 is 15.4 Å². The van der Waals surface area contributed by atoms with Crippen LogP contribution in [0.4, 0.5) is 0 Å². The van der Waals surface area contributed by atoms with Gasteiger partial charge in [0.15, 0.2) is 0 Å². The first kappa shape index (κ1) is 26.2. The summed E-state index contributed by atoms with van der Waals surface area (Å²) in [5, 5.41) is 16.1. The smallest absolute Gasteiger partial charge is 0.268 e. The first-order valence-electron chi connectivity index (χ1n) is 10.9. The highest BCUT2D eigenvalue weighted by Gasteiger charge is 2.32. The number of amides is 2. The summed E-state index contributed by atoms with van der Waals surface area (Å²) in [5.74, 6) is 2.30. The van der Waals surface area contributed by atoms with Crippen LogP contribution in [-0.2, 0) is 4.79 Å². The number of nitriles is 1. The topological polar surface area (TPSA) is 119 Å². The van der Waals surface area contributed by atoms with Crippen molar-refractivity contribution < 1.29 is 14.3 Å². The third kappa shape index (κ3) is 6.73. The van der Waals surface area contributed by atoms with Gasteiger partial charge in [0.05, 0.1) is 13.2 Å². The minimum absolute atomic E-state index is 0.122. The van der Waals surface area contributed by atoms with Crippen LogP contribution >= 0.6 is 0 Å². The molecule has 0 aliphatic carbocycles. The maximum Gasteiger partial charge on any atom is 0.268 e. The fraction of sp³-hybridized carbons (Fsp3) is 0.385. The summed E-state index contributed by atoms with van der Waals surface area (Å²) in [6.45, 7) is 5.52. The number of aromatic nitrogens is 1. The summed E-state index contributed by atoms with van der Waals surface area (Å²) < 4.78 is 5.35. The molecule has 8 nitrogen and oxygen atoms in total. The third-order valence-corrected chi connectivity index (χ3v) is 5.18. The van der Waals surface area contributed by atoms with E-state index in [9.17, 15) is 14.9 Å². The van der Waals surface area contributed by atoms with Crippen molar-refractivity contribution >= 4 is 28.9 Å². The van der Waals surface area contributed by atoms with E-state index >= 15 is 0 Å². The van der Waals surface area contributed by atoms with Gasteiger partial charge in [0.1, 0.15) is 23.0 Å². The predicted octanol–water partition coefficient (Wildman–Crippen LogP) is 3.37. The van der Waals surface area contributed by atoms with Gasteiger partial charge in [0.2, 0.25) is 5.91 Å². The number of hydrogen-bond donors (Lipinski definition) is 3. The fourth-order valence-corrected chi connectivity index (χ4v) is 3.65. The lowest BCUT2D eigenvalue weighted by Gasteiger charge is -2.27. The SMILES string of the molecule is C#C/C=C(\C=N/C)CC(C)(C#N)NC(=O)C(CC(C)C)NC(=O)c1cc2c(OC)cccc2[nH]1. The molecule has 2 amide bonds. The monoisotopic (exact) mass is 461 g/mol. The van der Waals surface area contributed by atoms with Gasteiger partial charge < -0.3 is 20.4 Å². The Labute approximate surface area is 200 Å². The van der Waals surface area contributed by atoms with Gasteiger partial charge in [-0.3, -0.25) is 14.6 Å². The number of allylic oxidation sites excluding steroid dienone is 1. The first-order chi connectivity index (χ1) is 16.2. The van der Waals surface area contributed by atoms with Gasteiger partial charge in [-0.05, 0) is 49.1 Å². The van der Waals surface area contributed by atoms with Crippen molar-refractivity contribution in [1.82, 2.24) is 15.6 Å². The number of nitrogens with one attached hydrogen (secondary N) is 3. The van der Waals surface area contributed by atoms with E-state index < -0.39 is 23.4 Å². The molecular formula is C26H31N5O3. The molecule has 0 spiro atoms. The van der Waals surface area contributed by atoms with Gasteiger partial charge in [-0.15, -0.1) is 6.42 Å². The van der Waals surface area contributed by atoms with E-state index in [0.29, 0.717) is 23.4 Å². The molecule has 34 heavy (non-hydrogen) atoms. The van der Waals surface area contributed by atoms with Crippen molar-refractivity contribution in [2.75, 3.05) is 14.2 Å². The summed E-state index contributed by atoms with van der Waals surface area (Å²) >= 11 is 0. The molecule has 3 N–H and O–H groups in total. The van der Waals surface area contributed by atoms with E-state index in [1.54, 1.807) is 33.4 Å². The fourth-order valence-electron chi connectivity index (χ4n) is 3.65. The van der Waals surface area contributed by atoms with Crippen molar-refractivity contribution in [2.24, 2.45) is 10.9 Å². The van der Waals surface area contributed by atoms with E-state index in [-0.39, 0.29) is 12.3 Å². The average Bonchev–Trinajstić information content (AvgIpc) is 3.23. The Hall–Kier alpha value is -4.04. The average molecular weight is 462 g/mol. The Bertz CT molecular complexity index is 1180. The maximum absolute atomic E-state index is 13.2. The number of nitrogens with zero attached hydrogens (tertiary/aromatic N) is 2. The number of terminal acetylenes is 1. The van der Waals surface area contributed by atoms with E-state index in [1.807, 2.05) is 32.0 Å². The number of rotatable bonds is 10. The highest BCUT2D eigenvalue weighted by Crippen LogP contribution is 2.26. The number of H-pyrrole nitrogens is 1. The quantitative estimate of drug-likeness (QED) is 0.371. The Kier molecular flexibility index (Phi) is 9.03. The summed E-state index contributed by atoms with van der Waals surface area (Å²) in [6.07, 6.45) is 8.99. The highest BCUT2D eigenvalue weighted by atomic mass is 16.5. The predicted molar refractivity (Wildman–Crippen MR) is 134 cm³/mol. The molecule has 0 radical (unpaired) electrons. The van der Waals surface area contributed by atoms with Crippen molar-refractivity contribution in [3.63, 3.8) is 0 Å². The zero-order valence-corrected chi connectivity index (χ0v) is 20.2. The summed E-state index contributed by atoms with van der Waals surface area (Å²) in [5.41, 5.74) is 0.445. The molecule has 0 fully saturated rings. The number of carbonyl (C=O) groups is 2. The largest absolute Gasteiger partial charge is 0.496 e. The zero-order valence-electron chi connectivity index (χ0n) is 20.2. The molecule has 2 atom stereocenters. The molecule has 0 saturated heterocycles. The van der Waals surface area contributed by atoms with Gasteiger partial charge in [-0.2, -0.15) is 5.26 Å². The summed E-state index contributed by atoms with van der Waals surface area (Å²) in [6, 6.07) is 8.46. The Balaban J connectivity index is 2.25. The van der Waals surface area contributed by atoms with Crippen LogP contribution in [0.5, 0.6) is 5.75 Å². The first-order valence-corrected chi connectivity index (χ1v) is 10.9. The van der Waals surface area contributed by atoms with Crippen LogP contribution in [0, 0.1) is 29.6 Å². The van der Waals surface area contributed by atoms with Crippen molar-refractivity contribution in [3.8, 4) is 24.2 Å². The highest BCUT2D eigenvalue weighted by molar-refractivity contribution is 6.01. The van der Waals surface area contributed by atoms with Gasteiger partial charge in [-0.1, -0.05) is 25.8 Å². The van der Waals surface area contributed by atoms with Crippen LogP contribution in [0.25, 0.3) is 10.9 Å². The molecule has 1 aromatic carbocycles. The Morgan fingerprint density at radius 3 is 2.71 bits per heavy atom. The molecule has 2 aromatic rings. The van der Waals surface area contributed by atoms with Gasteiger partial charge in [-0.25, -0.2) is 0 Å². The molecule has 1 aromatic heterocycles. The molecule has 2 unspecified atom stereocenters. The molecule has 8 heteroatoms. The Morgan fingerprint density at radius 2 is 2.12 bits per heavy atom. The number of aliphatic imine (C=N–C) groups is 1. The number of hydrogen-bond acceptors (Lipinski definition) is 5. The summed E-state index contributed by atoms with van der Waals surface area (Å²) in [4.78, 5) is 33.2. The second kappa shape index (κ2) is 11.7. The molecule has 1 heterocycles. The molecule has 0 aliphatic heterocycles. The van der Waals surface area contributed by atoms with Crippen LogP contribution in [0.2, 0.25) is 0 Å². The lowest BCUT2D eigenvalue weighted by Crippen LogP contribution is -2.54. The molecule has 0 aliphatic rings. The number of fused-ring (bicyclic) bond motifs is 1. The lowest BCUT2D eigenvalue weighted by molar-refractivity contribution is -0.124. The van der Waals surface area contributed by atoms with Crippen LogP contribution in [0.15, 0.2) is 40.9 Å². The second-order valence-corrected chi connectivity index (χ2v) is 8.64. The number of methoxy groups -OCH3 is 1. The number of ether oxygens (including phenoxy) is 1. The second-order valence-electron chi connectivity index (χ2n) is 8.64. The number of benzene rings is 1. The lowest BCUT2D eigenvalue weighted by atomic mass is 9.93. The molecule has 0 saturated carbocycles. The molecular weight excluding hydrogens is 430 g/mol. The summed E-state index contributed by atoms with van der Waals surface area (Å²) in [7, 11) is 3.16. The van der Waals surface area contributed by atoms with Crippen LogP contribution in [0.1, 0.15) is 44.1 Å². The van der Waals surface area contributed by atoms with Gasteiger partial charge >= 0.3 is 0 Å².